The number of likely N-dealkylation sites (tertiary alicyclic amines) is 1. The van der Waals surface area contributed by atoms with E-state index in [0.29, 0.717) is 17.0 Å². The standard InChI is InChI=1S/C19H20N2O3/c22-18(21-12-6-7-13-21)14-24-17-11-5-4-10-16(17)19(23)20-15-8-2-1-3-9-15/h1-5,8-11H,6-7,12-14H2,(H,20,23). The third-order valence-electron chi connectivity index (χ3n) is 3.97. The summed E-state index contributed by atoms with van der Waals surface area (Å²) in [5, 5.41) is 2.83. The maximum atomic E-state index is 12.4. The number of rotatable bonds is 5. The van der Waals surface area contributed by atoms with Crippen molar-refractivity contribution in [3.05, 3.63) is 60.2 Å². The van der Waals surface area contributed by atoms with Crippen LogP contribution >= 0.6 is 0 Å². The van der Waals surface area contributed by atoms with E-state index < -0.39 is 0 Å². The minimum absolute atomic E-state index is 0.0363. The maximum Gasteiger partial charge on any atom is 0.260 e. The minimum Gasteiger partial charge on any atom is -0.483 e. The molecule has 1 fully saturated rings. The Hall–Kier alpha value is -2.82. The van der Waals surface area contributed by atoms with Gasteiger partial charge in [0.2, 0.25) is 0 Å². The molecule has 0 spiro atoms. The van der Waals surface area contributed by atoms with Gasteiger partial charge in [0.1, 0.15) is 5.75 Å². The van der Waals surface area contributed by atoms with Crippen LogP contribution in [0.2, 0.25) is 0 Å². The summed E-state index contributed by atoms with van der Waals surface area (Å²) in [5.41, 5.74) is 1.13. The van der Waals surface area contributed by atoms with Crippen LogP contribution in [0.15, 0.2) is 54.6 Å². The zero-order valence-corrected chi connectivity index (χ0v) is 13.4. The largest absolute Gasteiger partial charge is 0.483 e. The van der Waals surface area contributed by atoms with E-state index >= 15 is 0 Å². The molecule has 0 aromatic heterocycles. The average Bonchev–Trinajstić information content (AvgIpc) is 3.15. The second-order valence-corrected chi connectivity index (χ2v) is 5.69. The van der Waals surface area contributed by atoms with Crippen molar-refractivity contribution in [1.29, 1.82) is 0 Å². The molecule has 24 heavy (non-hydrogen) atoms. The monoisotopic (exact) mass is 324 g/mol. The van der Waals surface area contributed by atoms with Gasteiger partial charge in [-0.1, -0.05) is 30.3 Å². The van der Waals surface area contributed by atoms with Crippen LogP contribution in [0.1, 0.15) is 23.2 Å². The summed E-state index contributed by atoms with van der Waals surface area (Å²) in [6, 6.07) is 16.2. The Balaban J connectivity index is 1.66. The number of hydrogen-bond acceptors (Lipinski definition) is 3. The molecule has 1 aliphatic heterocycles. The fraction of sp³-hybridized carbons (Fsp3) is 0.263. The van der Waals surface area contributed by atoms with Gasteiger partial charge in [0.05, 0.1) is 5.56 Å². The molecule has 0 bridgehead atoms. The Morgan fingerprint density at radius 2 is 1.62 bits per heavy atom. The van der Waals surface area contributed by atoms with E-state index in [1.807, 2.05) is 30.3 Å². The van der Waals surface area contributed by atoms with E-state index in [0.717, 1.165) is 25.9 Å². The highest BCUT2D eigenvalue weighted by atomic mass is 16.5. The lowest BCUT2D eigenvalue weighted by Gasteiger charge is -2.16. The molecule has 2 aromatic carbocycles. The van der Waals surface area contributed by atoms with Gasteiger partial charge in [-0.2, -0.15) is 0 Å². The number of ether oxygens (including phenoxy) is 1. The topological polar surface area (TPSA) is 58.6 Å². The van der Waals surface area contributed by atoms with E-state index in [1.165, 1.54) is 0 Å². The van der Waals surface area contributed by atoms with Crippen molar-refractivity contribution in [1.82, 2.24) is 4.90 Å². The second-order valence-electron chi connectivity index (χ2n) is 5.69. The highest BCUT2D eigenvalue weighted by molar-refractivity contribution is 6.06. The van der Waals surface area contributed by atoms with Crippen molar-refractivity contribution < 1.29 is 14.3 Å². The number of carbonyl (C=O) groups excluding carboxylic acids is 2. The Morgan fingerprint density at radius 1 is 0.958 bits per heavy atom. The first-order valence-corrected chi connectivity index (χ1v) is 8.10. The molecule has 5 heteroatoms. The lowest BCUT2D eigenvalue weighted by molar-refractivity contribution is -0.132. The molecule has 1 heterocycles. The van der Waals surface area contributed by atoms with Crippen LogP contribution in [-0.2, 0) is 4.79 Å². The molecule has 2 amide bonds. The van der Waals surface area contributed by atoms with Gasteiger partial charge in [0.15, 0.2) is 6.61 Å². The molecular weight excluding hydrogens is 304 g/mol. The number of anilines is 1. The van der Waals surface area contributed by atoms with Gasteiger partial charge in [-0.25, -0.2) is 0 Å². The van der Waals surface area contributed by atoms with Gasteiger partial charge in [0.25, 0.3) is 11.8 Å². The van der Waals surface area contributed by atoms with Crippen LogP contribution in [0.5, 0.6) is 5.75 Å². The van der Waals surface area contributed by atoms with Crippen LogP contribution in [0.3, 0.4) is 0 Å². The number of carbonyl (C=O) groups is 2. The zero-order chi connectivity index (χ0) is 16.8. The predicted octanol–water partition coefficient (Wildman–Crippen LogP) is 2.94. The number of amides is 2. The molecule has 124 valence electrons. The summed E-state index contributed by atoms with van der Waals surface area (Å²) < 4.78 is 5.62. The van der Waals surface area contributed by atoms with Crippen LogP contribution in [-0.4, -0.2) is 36.4 Å². The SMILES string of the molecule is O=C(Nc1ccccc1)c1ccccc1OCC(=O)N1CCCC1. The van der Waals surface area contributed by atoms with E-state index in [9.17, 15) is 9.59 Å². The van der Waals surface area contributed by atoms with Crippen molar-refractivity contribution in [2.45, 2.75) is 12.8 Å². The quantitative estimate of drug-likeness (QED) is 0.920. The Morgan fingerprint density at radius 3 is 2.38 bits per heavy atom. The zero-order valence-electron chi connectivity index (χ0n) is 13.4. The van der Waals surface area contributed by atoms with E-state index in [2.05, 4.69) is 5.32 Å². The number of nitrogens with zero attached hydrogens (tertiary/aromatic N) is 1. The second kappa shape index (κ2) is 7.64. The number of hydrogen-bond donors (Lipinski definition) is 1. The highest BCUT2D eigenvalue weighted by Gasteiger charge is 2.19. The molecule has 3 rings (SSSR count). The van der Waals surface area contributed by atoms with Crippen molar-refractivity contribution in [3.8, 4) is 5.75 Å². The molecule has 0 atom stereocenters. The number of para-hydroxylation sites is 2. The summed E-state index contributed by atoms with van der Waals surface area (Å²) in [5.74, 6) is 0.120. The van der Waals surface area contributed by atoms with Gasteiger partial charge in [-0.3, -0.25) is 9.59 Å². The van der Waals surface area contributed by atoms with Crippen LogP contribution < -0.4 is 10.1 Å². The fourth-order valence-electron chi connectivity index (χ4n) is 2.70. The molecule has 0 aliphatic carbocycles. The Bertz CT molecular complexity index is 710. The lowest BCUT2D eigenvalue weighted by atomic mass is 10.2. The minimum atomic E-state index is -0.259. The van der Waals surface area contributed by atoms with Crippen molar-refractivity contribution >= 4 is 17.5 Å². The lowest BCUT2D eigenvalue weighted by Crippen LogP contribution is -2.32. The number of nitrogens with one attached hydrogen (secondary N) is 1. The van der Waals surface area contributed by atoms with Crippen LogP contribution in [0.25, 0.3) is 0 Å². The summed E-state index contributed by atoms with van der Waals surface area (Å²) in [4.78, 5) is 26.3. The van der Waals surface area contributed by atoms with Crippen molar-refractivity contribution in [2.75, 3.05) is 25.0 Å². The molecule has 1 N–H and O–H groups in total. The predicted molar refractivity (Wildman–Crippen MR) is 92.1 cm³/mol. The van der Waals surface area contributed by atoms with Gasteiger partial charge >= 0.3 is 0 Å². The van der Waals surface area contributed by atoms with E-state index in [4.69, 9.17) is 4.74 Å². The van der Waals surface area contributed by atoms with Gasteiger partial charge in [-0.05, 0) is 37.1 Å². The molecule has 5 nitrogen and oxygen atoms in total. The molecule has 2 aromatic rings. The Kier molecular flexibility index (Phi) is 5.11. The molecule has 1 aliphatic rings. The molecule has 0 saturated carbocycles. The van der Waals surface area contributed by atoms with Gasteiger partial charge < -0.3 is 15.0 Å². The summed E-state index contributed by atoms with van der Waals surface area (Å²) in [6.07, 6.45) is 2.09. The van der Waals surface area contributed by atoms with E-state index in [-0.39, 0.29) is 18.4 Å². The smallest absolute Gasteiger partial charge is 0.260 e. The van der Waals surface area contributed by atoms with Gasteiger partial charge in [-0.15, -0.1) is 0 Å². The summed E-state index contributed by atoms with van der Waals surface area (Å²) in [6.45, 7) is 1.53. The molecule has 0 radical (unpaired) electrons. The van der Waals surface area contributed by atoms with Crippen molar-refractivity contribution in [3.63, 3.8) is 0 Å². The van der Waals surface area contributed by atoms with Crippen LogP contribution in [0, 0.1) is 0 Å². The fourth-order valence-corrected chi connectivity index (χ4v) is 2.70. The summed E-state index contributed by atoms with van der Waals surface area (Å²) in [7, 11) is 0. The van der Waals surface area contributed by atoms with Gasteiger partial charge in [0, 0.05) is 18.8 Å². The maximum absolute atomic E-state index is 12.4. The average molecular weight is 324 g/mol. The van der Waals surface area contributed by atoms with Crippen LogP contribution in [0.4, 0.5) is 5.69 Å². The first-order chi connectivity index (χ1) is 11.7. The first kappa shape index (κ1) is 16.1. The molecule has 0 unspecified atom stereocenters. The Labute approximate surface area is 141 Å². The summed E-state index contributed by atoms with van der Waals surface area (Å²) >= 11 is 0. The third kappa shape index (κ3) is 3.93. The number of benzene rings is 2. The van der Waals surface area contributed by atoms with Crippen molar-refractivity contribution in [2.24, 2.45) is 0 Å². The molecular formula is C19H20N2O3. The molecule has 1 saturated heterocycles. The van der Waals surface area contributed by atoms with E-state index in [1.54, 1.807) is 29.2 Å². The highest BCUT2D eigenvalue weighted by Crippen LogP contribution is 2.20. The normalized spacial score (nSPS) is 13.6. The first-order valence-electron chi connectivity index (χ1n) is 8.10. The third-order valence-corrected chi connectivity index (χ3v) is 3.97.